The zero-order valence-corrected chi connectivity index (χ0v) is 22.5. The number of likely N-dealkylation sites (tertiary alicyclic amines) is 1. The summed E-state index contributed by atoms with van der Waals surface area (Å²) < 4.78 is 12.0. The van der Waals surface area contributed by atoms with E-state index in [4.69, 9.17) is 21.1 Å². The van der Waals surface area contributed by atoms with Gasteiger partial charge in [0.25, 0.3) is 0 Å². The minimum absolute atomic E-state index is 0.0662. The summed E-state index contributed by atoms with van der Waals surface area (Å²) in [5.41, 5.74) is 0.138. The Balaban J connectivity index is 1.34. The molecule has 1 spiro atoms. The van der Waals surface area contributed by atoms with Crippen LogP contribution in [0.1, 0.15) is 37.7 Å². The zero-order valence-electron chi connectivity index (χ0n) is 21.8. The summed E-state index contributed by atoms with van der Waals surface area (Å²) in [6.45, 7) is 0.164. The van der Waals surface area contributed by atoms with E-state index in [0.717, 1.165) is 37.7 Å². The van der Waals surface area contributed by atoms with Gasteiger partial charge in [-0.25, -0.2) is 0 Å². The van der Waals surface area contributed by atoms with Crippen molar-refractivity contribution in [3.8, 4) is 5.75 Å². The third-order valence-corrected chi connectivity index (χ3v) is 8.77. The van der Waals surface area contributed by atoms with Crippen LogP contribution < -0.4 is 15.4 Å². The van der Waals surface area contributed by atoms with Crippen molar-refractivity contribution in [1.82, 2.24) is 10.2 Å². The lowest BCUT2D eigenvalue weighted by Gasteiger charge is -2.34. The molecule has 3 fully saturated rings. The number of hydrogen-bond donors (Lipinski definition) is 2. The highest BCUT2D eigenvalue weighted by Gasteiger charge is 2.72. The molecule has 2 aromatic rings. The first-order valence-corrected chi connectivity index (χ1v) is 14.0. The molecule has 4 aliphatic rings. The van der Waals surface area contributed by atoms with Gasteiger partial charge in [-0.05, 0) is 43.2 Å². The molecular weight excluding hydrogens is 518 g/mol. The number of hydrogen-bond acceptors (Lipinski definition) is 5. The number of fused-ring (bicyclic) bond motifs is 1. The molecule has 6 rings (SSSR count). The van der Waals surface area contributed by atoms with Crippen LogP contribution in [-0.4, -0.2) is 53.5 Å². The molecule has 1 aliphatic carbocycles. The summed E-state index contributed by atoms with van der Waals surface area (Å²) in [7, 11) is 1.58. The molecule has 0 unspecified atom stereocenters. The molecule has 3 amide bonds. The normalized spacial score (nSPS) is 29.4. The van der Waals surface area contributed by atoms with E-state index in [1.807, 2.05) is 36.4 Å². The predicted molar refractivity (Wildman–Crippen MR) is 146 cm³/mol. The Labute approximate surface area is 232 Å². The lowest BCUT2D eigenvalue weighted by Crippen LogP contribution is -2.56. The molecule has 1 saturated carbocycles. The number of carbonyl (C=O) groups is 3. The van der Waals surface area contributed by atoms with Gasteiger partial charge < -0.3 is 25.0 Å². The van der Waals surface area contributed by atoms with Crippen molar-refractivity contribution >= 4 is 35.0 Å². The van der Waals surface area contributed by atoms with Crippen LogP contribution in [0.5, 0.6) is 5.75 Å². The fourth-order valence-corrected chi connectivity index (χ4v) is 6.87. The maximum atomic E-state index is 14.2. The molecule has 39 heavy (non-hydrogen) atoms. The second kappa shape index (κ2) is 10.3. The highest BCUT2D eigenvalue weighted by molar-refractivity contribution is 6.30. The van der Waals surface area contributed by atoms with Gasteiger partial charge in [0, 0.05) is 22.3 Å². The topological polar surface area (TPSA) is 97.0 Å². The van der Waals surface area contributed by atoms with Gasteiger partial charge in [0.2, 0.25) is 17.7 Å². The highest BCUT2D eigenvalue weighted by atomic mass is 35.5. The van der Waals surface area contributed by atoms with Crippen LogP contribution in [0.4, 0.5) is 5.69 Å². The maximum Gasteiger partial charge on any atom is 0.246 e. The Morgan fingerprint density at radius 3 is 2.56 bits per heavy atom. The number of nitrogens with zero attached hydrogens (tertiary/aromatic N) is 1. The number of carbonyl (C=O) groups excluding carboxylic acids is 3. The van der Waals surface area contributed by atoms with E-state index in [2.05, 4.69) is 10.6 Å². The third-order valence-electron chi connectivity index (χ3n) is 8.52. The Bertz CT molecular complexity index is 1310. The lowest BCUT2D eigenvalue weighted by atomic mass is 9.74. The Morgan fingerprint density at radius 1 is 1.08 bits per heavy atom. The molecule has 0 radical (unpaired) electrons. The molecule has 2 aromatic carbocycles. The van der Waals surface area contributed by atoms with Gasteiger partial charge in [-0.15, -0.1) is 0 Å². The average molecular weight is 550 g/mol. The first-order valence-electron chi connectivity index (χ1n) is 13.6. The minimum atomic E-state index is -1.22. The summed E-state index contributed by atoms with van der Waals surface area (Å²) >= 11 is 6.00. The summed E-state index contributed by atoms with van der Waals surface area (Å²) in [5.74, 6) is -1.80. The summed E-state index contributed by atoms with van der Waals surface area (Å²) in [5, 5.41) is 6.69. The lowest BCUT2D eigenvalue weighted by molar-refractivity contribution is -0.142. The predicted octanol–water partition coefficient (Wildman–Crippen LogP) is 4.09. The van der Waals surface area contributed by atoms with Gasteiger partial charge in [-0.3, -0.25) is 14.4 Å². The smallest absolute Gasteiger partial charge is 0.246 e. The van der Waals surface area contributed by atoms with Crippen LogP contribution in [0.3, 0.4) is 0 Å². The van der Waals surface area contributed by atoms with E-state index in [-0.39, 0.29) is 30.3 Å². The Hall–Kier alpha value is -3.36. The molecule has 204 valence electrons. The summed E-state index contributed by atoms with van der Waals surface area (Å²) in [6.07, 6.45) is 8.20. The van der Waals surface area contributed by atoms with Crippen molar-refractivity contribution in [1.29, 1.82) is 0 Å². The van der Waals surface area contributed by atoms with E-state index < -0.39 is 29.6 Å². The third kappa shape index (κ3) is 4.49. The molecule has 0 aromatic heterocycles. The molecule has 3 heterocycles. The Morgan fingerprint density at radius 2 is 1.82 bits per heavy atom. The number of methoxy groups -OCH3 is 1. The molecule has 3 aliphatic heterocycles. The van der Waals surface area contributed by atoms with Gasteiger partial charge in [0.1, 0.15) is 17.4 Å². The van der Waals surface area contributed by atoms with Gasteiger partial charge in [-0.1, -0.05) is 61.2 Å². The average Bonchev–Trinajstić information content (AvgIpc) is 3.58. The van der Waals surface area contributed by atoms with E-state index in [1.54, 1.807) is 36.3 Å². The van der Waals surface area contributed by atoms with Crippen molar-refractivity contribution in [2.75, 3.05) is 12.4 Å². The van der Waals surface area contributed by atoms with Gasteiger partial charge in [0.15, 0.2) is 0 Å². The van der Waals surface area contributed by atoms with E-state index in [9.17, 15) is 14.4 Å². The monoisotopic (exact) mass is 549 g/mol. The molecule has 8 nitrogen and oxygen atoms in total. The fourth-order valence-electron chi connectivity index (χ4n) is 6.74. The molecule has 9 heteroatoms. The van der Waals surface area contributed by atoms with Crippen LogP contribution >= 0.6 is 11.6 Å². The second-order valence-corrected chi connectivity index (χ2v) is 11.3. The van der Waals surface area contributed by atoms with Crippen LogP contribution in [0.15, 0.2) is 60.7 Å². The molecule has 2 N–H and O–H groups in total. The van der Waals surface area contributed by atoms with Crippen molar-refractivity contribution in [3.63, 3.8) is 0 Å². The summed E-state index contributed by atoms with van der Waals surface area (Å²) in [6, 6.07) is 13.4. The van der Waals surface area contributed by atoms with E-state index in [1.165, 1.54) is 0 Å². The van der Waals surface area contributed by atoms with Crippen molar-refractivity contribution in [2.24, 2.45) is 11.8 Å². The molecule has 2 saturated heterocycles. The first-order chi connectivity index (χ1) is 18.9. The highest BCUT2D eigenvalue weighted by Crippen LogP contribution is 2.55. The van der Waals surface area contributed by atoms with Gasteiger partial charge >= 0.3 is 0 Å². The van der Waals surface area contributed by atoms with Gasteiger partial charge in [-0.2, -0.15) is 0 Å². The number of para-hydroxylation sites is 1. The Kier molecular flexibility index (Phi) is 6.85. The van der Waals surface area contributed by atoms with Crippen LogP contribution in [0, 0.1) is 11.8 Å². The second-order valence-electron chi connectivity index (χ2n) is 10.8. The minimum Gasteiger partial charge on any atom is -0.496 e. The molecule has 5 atom stereocenters. The van der Waals surface area contributed by atoms with Crippen molar-refractivity contribution in [3.05, 3.63) is 71.3 Å². The summed E-state index contributed by atoms with van der Waals surface area (Å²) in [4.78, 5) is 43.3. The molecule has 2 bridgehead atoms. The largest absolute Gasteiger partial charge is 0.496 e. The number of halogens is 1. The standard InChI is InChI=1S/C30H32ClN3O5/c1-38-22-10-6-5-7-18(22)17-34-26(28(36)33-20-8-3-2-4-9-20)30-16-15-23(39-30)24(25(30)29(34)37)27(35)32-21-13-11-19(31)12-14-21/h5-7,10-16,20,23-26H,2-4,8-9,17H2,1H3,(H,32,35)(H,33,36)/t23-,24-,25-,26+,30-/m0/s1. The van der Waals surface area contributed by atoms with Crippen LogP contribution in [0.25, 0.3) is 0 Å². The number of benzene rings is 2. The van der Waals surface area contributed by atoms with Crippen LogP contribution in [0.2, 0.25) is 5.02 Å². The van der Waals surface area contributed by atoms with Crippen molar-refractivity contribution in [2.45, 2.75) is 62.4 Å². The fraction of sp³-hybridized carbons (Fsp3) is 0.433. The number of amides is 3. The number of anilines is 1. The quantitative estimate of drug-likeness (QED) is 0.507. The SMILES string of the molecule is COc1ccccc1CN1C(=O)[C@@H]2[C@@H](C(=O)Nc3ccc(Cl)cc3)[C@@H]3C=C[C@@]2(O3)[C@H]1C(=O)NC1CCCCC1. The van der Waals surface area contributed by atoms with E-state index in [0.29, 0.717) is 16.5 Å². The van der Waals surface area contributed by atoms with Gasteiger partial charge in [0.05, 0.1) is 31.6 Å². The zero-order chi connectivity index (χ0) is 27.1. The number of ether oxygens (including phenoxy) is 2. The van der Waals surface area contributed by atoms with E-state index >= 15 is 0 Å². The first kappa shape index (κ1) is 25.9. The maximum absolute atomic E-state index is 14.2. The molecular formula is C30H32ClN3O5. The van der Waals surface area contributed by atoms with Crippen LogP contribution in [-0.2, 0) is 25.7 Å². The van der Waals surface area contributed by atoms with Crippen molar-refractivity contribution < 1.29 is 23.9 Å². The number of nitrogens with one attached hydrogen (secondary N) is 2. The number of rotatable bonds is 7.